The molecular formula is C20H17FN2O3. The number of hydrogen-bond donors (Lipinski definition) is 1. The van der Waals surface area contributed by atoms with Crippen LogP contribution in [0.2, 0.25) is 0 Å². The third-order valence-corrected chi connectivity index (χ3v) is 3.99. The number of aromatic nitrogens is 1. The van der Waals surface area contributed by atoms with Crippen LogP contribution < -0.4 is 14.8 Å². The van der Waals surface area contributed by atoms with Crippen LogP contribution in [-0.4, -0.2) is 13.0 Å². The number of carbonyl (C=O) groups is 1. The number of benzene rings is 2. The molecule has 1 aromatic heterocycles. The number of amides is 1. The molecule has 2 aromatic carbocycles. The molecule has 0 aliphatic heterocycles. The first kappa shape index (κ1) is 17.4. The Labute approximate surface area is 150 Å². The number of pyridine rings is 1. The topological polar surface area (TPSA) is 65.3 Å². The maximum atomic E-state index is 13.3. The van der Waals surface area contributed by atoms with Crippen molar-refractivity contribution in [2.45, 2.75) is 6.04 Å². The number of ether oxygens (including phenoxy) is 1. The van der Waals surface area contributed by atoms with Gasteiger partial charge >= 0.3 is 0 Å². The lowest BCUT2D eigenvalue weighted by Gasteiger charge is -2.20. The van der Waals surface area contributed by atoms with E-state index in [0.29, 0.717) is 16.0 Å². The molecule has 0 spiro atoms. The minimum atomic E-state index is -0.478. The van der Waals surface area contributed by atoms with Gasteiger partial charge in [0.05, 0.1) is 18.7 Å². The Kier molecular flexibility index (Phi) is 5.12. The highest BCUT2D eigenvalue weighted by atomic mass is 19.1. The van der Waals surface area contributed by atoms with Crippen LogP contribution in [0.3, 0.4) is 0 Å². The molecule has 0 saturated carbocycles. The second-order valence-electron chi connectivity index (χ2n) is 5.68. The fourth-order valence-corrected chi connectivity index (χ4v) is 2.59. The Bertz CT molecular complexity index is 878. The average Bonchev–Trinajstić information content (AvgIpc) is 2.67. The molecule has 1 atom stereocenters. The van der Waals surface area contributed by atoms with Crippen LogP contribution in [0.5, 0.6) is 5.75 Å². The molecule has 0 saturated heterocycles. The Morgan fingerprint density at radius 1 is 1.00 bits per heavy atom. The highest BCUT2D eigenvalue weighted by Gasteiger charge is 2.18. The van der Waals surface area contributed by atoms with E-state index in [1.807, 2.05) is 12.1 Å². The van der Waals surface area contributed by atoms with Gasteiger partial charge in [-0.25, -0.2) is 4.39 Å². The summed E-state index contributed by atoms with van der Waals surface area (Å²) in [6.45, 7) is 0. The summed E-state index contributed by atoms with van der Waals surface area (Å²) in [7, 11) is 1.58. The predicted molar refractivity (Wildman–Crippen MR) is 94.1 cm³/mol. The average molecular weight is 352 g/mol. The zero-order valence-corrected chi connectivity index (χ0v) is 14.1. The van der Waals surface area contributed by atoms with Gasteiger partial charge in [-0.05, 0) is 35.4 Å². The van der Waals surface area contributed by atoms with Crippen LogP contribution in [0.25, 0.3) is 0 Å². The van der Waals surface area contributed by atoms with E-state index < -0.39 is 6.04 Å². The zero-order chi connectivity index (χ0) is 18.5. The molecule has 26 heavy (non-hydrogen) atoms. The minimum absolute atomic E-state index is 0.337. The highest BCUT2D eigenvalue weighted by Crippen LogP contribution is 2.25. The number of halogens is 1. The van der Waals surface area contributed by atoms with E-state index in [1.54, 1.807) is 31.4 Å². The smallest absolute Gasteiger partial charge is 0.252 e. The maximum Gasteiger partial charge on any atom is 0.252 e. The van der Waals surface area contributed by atoms with E-state index in [-0.39, 0.29) is 11.7 Å². The van der Waals surface area contributed by atoms with E-state index in [4.69, 9.17) is 4.74 Å². The summed E-state index contributed by atoms with van der Waals surface area (Å²) >= 11 is 0. The molecule has 0 aliphatic carbocycles. The molecule has 3 rings (SSSR count). The Morgan fingerprint density at radius 3 is 2.08 bits per heavy atom. The van der Waals surface area contributed by atoms with Gasteiger partial charge in [0.25, 0.3) is 5.91 Å². The van der Waals surface area contributed by atoms with Crippen molar-refractivity contribution in [3.8, 4) is 5.75 Å². The standard InChI is InChI=1S/C20H17FN2O3/c1-26-18-8-4-15(5-9-18)19(14-2-6-17(21)7-3-14)22-20(24)16-10-12-23(25)13-11-16/h2-13,19H,1H3,(H,22,24)/t19-/m0/s1. The number of methoxy groups -OCH3 is 1. The van der Waals surface area contributed by atoms with Crippen molar-refractivity contribution in [2.75, 3.05) is 7.11 Å². The van der Waals surface area contributed by atoms with Gasteiger partial charge in [0.15, 0.2) is 12.4 Å². The van der Waals surface area contributed by atoms with Gasteiger partial charge < -0.3 is 15.3 Å². The normalized spacial score (nSPS) is 11.6. The summed E-state index contributed by atoms with van der Waals surface area (Å²) in [4.78, 5) is 12.6. The molecule has 1 amide bonds. The van der Waals surface area contributed by atoms with Crippen molar-refractivity contribution in [1.29, 1.82) is 0 Å². The van der Waals surface area contributed by atoms with Crippen molar-refractivity contribution < 1.29 is 18.7 Å². The Balaban J connectivity index is 1.92. The first-order chi connectivity index (χ1) is 12.6. The lowest BCUT2D eigenvalue weighted by molar-refractivity contribution is -0.605. The van der Waals surface area contributed by atoms with Crippen molar-refractivity contribution >= 4 is 5.91 Å². The summed E-state index contributed by atoms with van der Waals surface area (Å²) in [6.07, 6.45) is 2.52. The van der Waals surface area contributed by atoms with Gasteiger partial charge in [-0.1, -0.05) is 24.3 Å². The molecule has 0 aliphatic rings. The zero-order valence-electron chi connectivity index (χ0n) is 14.1. The van der Waals surface area contributed by atoms with Gasteiger partial charge in [0, 0.05) is 12.1 Å². The fraction of sp³-hybridized carbons (Fsp3) is 0.100. The van der Waals surface area contributed by atoms with Crippen LogP contribution in [-0.2, 0) is 0 Å². The first-order valence-corrected chi connectivity index (χ1v) is 7.96. The van der Waals surface area contributed by atoms with E-state index in [9.17, 15) is 14.4 Å². The third-order valence-electron chi connectivity index (χ3n) is 3.99. The Morgan fingerprint density at radius 2 is 1.54 bits per heavy atom. The van der Waals surface area contributed by atoms with Crippen molar-refractivity contribution in [2.24, 2.45) is 0 Å². The van der Waals surface area contributed by atoms with Gasteiger partial charge in [-0.15, -0.1) is 0 Å². The van der Waals surface area contributed by atoms with Crippen molar-refractivity contribution in [3.63, 3.8) is 0 Å². The Hall–Kier alpha value is -3.41. The molecule has 0 unspecified atom stereocenters. The van der Waals surface area contributed by atoms with E-state index in [0.717, 1.165) is 11.1 Å². The van der Waals surface area contributed by atoms with Crippen molar-refractivity contribution in [1.82, 2.24) is 5.32 Å². The first-order valence-electron chi connectivity index (χ1n) is 7.96. The van der Waals surface area contributed by atoms with E-state index in [1.165, 1.54) is 36.7 Å². The fourth-order valence-electron chi connectivity index (χ4n) is 2.59. The van der Waals surface area contributed by atoms with Crippen LogP contribution in [0.15, 0.2) is 73.1 Å². The lowest BCUT2D eigenvalue weighted by Crippen LogP contribution is -2.31. The molecular weight excluding hydrogens is 335 g/mol. The molecule has 0 radical (unpaired) electrons. The molecule has 6 heteroatoms. The number of nitrogens with one attached hydrogen (secondary N) is 1. The molecule has 5 nitrogen and oxygen atoms in total. The molecule has 1 heterocycles. The second-order valence-corrected chi connectivity index (χ2v) is 5.68. The summed E-state index contributed by atoms with van der Waals surface area (Å²) in [5.41, 5.74) is 1.91. The van der Waals surface area contributed by atoms with Gasteiger partial charge in [0.2, 0.25) is 0 Å². The minimum Gasteiger partial charge on any atom is -0.619 e. The van der Waals surface area contributed by atoms with Crippen LogP contribution >= 0.6 is 0 Å². The maximum absolute atomic E-state index is 13.3. The van der Waals surface area contributed by atoms with Crippen LogP contribution in [0.4, 0.5) is 4.39 Å². The predicted octanol–water partition coefficient (Wildman–Crippen LogP) is 2.99. The van der Waals surface area contributed by atoms with Gasteiger partial charge in [-0.3, -0.25) is 4.79 Å². The highest BCUT2D eigenvalue weighted by molar-refractivity contribution is 5.94. The van der Waals surface area contributed by atoms with Crippen molar-refractivity contribution in [3.05, 3.63) is 101 Å². The van der Waals surface area contributed by atoms with Crippen LogP contribution in [0.1, 0.15) is 27.5 Å². The molecule has 0 bridgehead atoms. The third kappa shape index (κ3) is 3.97. The van der Waals surface area contributed by atoms with E-state index in [2.05, 4.69) is 5.32 Å². The number of hydrogen-bond acceptors (Lipinski definition) is 3. The van der Waals surface area contributed by atoms with Crippen LogP contribution in [0, 0.1) is 11.0 Å². The number of carbonyl (C=O) groups excluding carboxylic acids is 1. The molecule has 132 valence electrons. The lowest BCUT2D eigenvalue weighted by atomic mass is 9.98. The van der Waals surface area contributed by atoms with Gasteiger partial charge in [0.1, 0.15) is 11.6 Å². The summed E-state index contributed by atoms with van der Waals surface area (Å²) in [5, 5.41) is 14.1. The largest absolute Gasteiger partial charge is 0.619 e. The quantitative estimate of drug-likeness (QED) is 0.567. The SMILES string of the molecule is COc1ccc([C@@H](NC(=O)c2cc[n+]([O-])cc2)c2ccc(F)cc2)cc1. The van der Waals surface area contributed by atoms with E-state index >= 15 is 0 Å². The summed E-state index contributed by atoms with van der Waals surface area (Å²) in [5.74, 6) is 0.00773. The molecule has 0 fully saturated rings. The number of nitrogens with zero attached hydrogens (tertiary/aromatic N) is 1. The molecule has 3 aromatic rings. The second kappa shape index (κ2) is 7.65. The monoisotopic (exact) mass is 352 g/mol. The van der Waals surface area contributed by atoms with Gasteiger partial charge in [-0.2, -0.15) is 4.73 Å². The molecule has 1 N–H and O–H groups in total. The summed E-state index contributed by atoms with van der Waals surface area (Å²) < 4.78 is 19.1. The number of rotatable bonds is 5. The summed E-state index contributed by atoms with van der Waals surface area (Å²) in [6, 6.07) is 15.6.